The van der Waals surface area contributed by atoms with Crippen molar-refractivity contribution in [1.29, 1.82) is 5.26 Å². The van der Waals surface area contributed by atoms with E-state index < -0.39 is 11.0 Å². The number of nitriles is 1. The van der Waals surface area contributed by atoms with Crippen LogP contribution in [-0.2, 0) is 0 Å². The summed E-state index contributed by atoms with van der Waals surface area (Å²) in [7, 11) is 0. The highest BCUT2D eigenvalue weighted by atomic mass is 16.6. The maximum atomic E-state index is 11.0. The van der Waals surface area contributed by atoms with Gasteiger partial charge in [-0.1, -0.05) is 5.21 Å². The van der Waals surface area contributed by atoms with E-state index in [4.69, 9.17) is 5.26 Å². The lowest BCUT2D eigenvalue weighted by Crippen LogP contribution is -2.01. The van der Waals surface area contributed by atoms with Crippen molar-refractivity contribution in [2.45, 2.75) is 13.0 Å². The Bertz CT molecular complexity index is 671. The molecule has 0 aliphatic rings. The van der Waals surface area contributed by atoms with Gasteiger partial charge in [-0.05, 0) is 19.1 Å². The molecule has 1 heterocycles. The van der Waals surface area contributed by atoms with Crippen LogP contribution in [-0.4, -0.2) is 25.0 Å². The number of hydrogen-bond acceptors (Lipinski definition) is 6. The van der Waals surface area contributed by atoms with Crippen LogP contribution in [0.3, 0.4) is 0 Å². The minimum absolute atomic E-state index is 0.184. The summed E-state index contributed by atoms with van der Waals surface area (Å²) < 4.78 is 1.20. The minimum atomic E-state index is -0.814. The SMILES string of the molecule is CC(O)c1cn(-c2ccc(C#N)cc2[N+](=O)[O-])nn1. The highest BCUT2D eigenvalue weighted by Crippen LogP contribution is 2.24. The van der Waals surface area contributed by atoms with Gasteiger partial charge in [0.25, 0.3) is 5.69 Å². The third-order valence-corrected chi connectivity index (χ3v) is 2.49. The standard InChI is InChI=1S/C11H9N5O3/c1-7(17)9-6-15(14-13-9)10-3-2-8(5-12)4-11(10)16(18)19/h2-4,6-7,17H,1H3. The van der Waals surface area contributed by atoms with Gasteiger partial charge in [0.15, 0.2) is 0 Å². The lowest BCUT2D eigenvalue weighted by atomic mass is 10.2. The minimum Gasteiger partial charge on any atom is -0.387 e. The number of aromatic nitrogens is 3. The molecule has 2 rings (SSSR count). The molecule has 0 amide bonds. The summed E-state index contributed by atoms with van der Waals surface area (Å²) in [4.78, 5) is 10.4. The fraction of sp³-hybridized carbons (Fsp3) is 0.182. The maximum absolute atomic E-state index is 11.0. The number of nitrogens with zero attached hydrogens (tertiary/aromatic N) is 5. The monoisotopic (exact) mass is 259 g/mol. The molecule has 0 radical (unpaired) electrons. The first-order valence-corrected chi connectivity index (χ1v) is 5.32. The van der Waals surface area contributed by atoms with E-state index in [0.717, 1.165) is 0 Å². The number of hydrogen-bond donors (Lipinski definition) is 1. The highest BCUT2D eigenvalue weighted by Gasteiger charge is 2.18. The molecular formula is C11H9N5O3. The van der Waals surface area contributed by atoms with Gasteiger partial charge < -0.3 is 5.11 Å². The van der Waals surface area contributed by atoms with Crippen molar-refractivity contribution < 1.29 is 10.0 Å². The molecule has 19 heavy (non-hydrogen) atoms. The van der Waals surface area contributed by atoms with Gasteiger partial charge in [0.2, 0.25) is 0 Å². The Kier molecular flexibility index (Phi) is 3.22. The van der Waals surface area contributed by atoms with E-state index in [1.54, 1.807) is 0 Å². The summed E-state index contributed by atoms with van der Waals surface area (Å²) in [6.45, 7) is 1.52. The molecule has 0 aliphatic heterocycles. The molecule has 1 aromatic carbocycles. The summed E-state index contributed by atoms with van der Waals surface area (Å²) in [6.07, 6.45) is 0.588. The number of nitro benzene ring substituents is 1. The third kappa shape index (κ3) is 2.41. The van der Waals surface area contributed by atoms with Crippen molar-refractivity contribution in [3.8, 4) is 11.8 Å². The van der Waals surface area contributed by atoms with Gasteiger partial charge in [0, 0.05) is 6.07 Å². The van der Waals surface area contributed by atoms with Crippen molar-refractivity contribution in [3.05, 3.63) is 45.8 Å². The van der Waals surface area contributed by atoms with Crippen LogP contribution in [0.5, 0.6) is 0 Å². The Hall–Kier alpha value is -2.79. The molecule has 1 N–H and O–H groups in total. The van der Waals surface area contributed by atoms with Crippen LogP contribution in [0.4, 0.5) is 5.69 Å². The Balaban J connectivity index is 2.55. The molecule has 0 spiro atoms. The van der Waals surface area contributed by atoms with Crippen molar-refractivity contribution in [1.82, 2.24) is 15.0 Å². The zero-order chi connectivity index (χ0) is 14.0. The maximum Gasteiger partial charge on any atom is 0.296 e. The molecule has 8 heteroatoms. The van der Waals surface area contributed by atoms with Crippen molar-refractivity contribution >= 4 is 5.69 Å². The second kappa shape index (κ2) is 4.83. The first-order chi connectivity index (χ1) is 9.02. The van der Waals surface area contributed by atoms with Gasteiger partial charge in [-0.15, -0.1) is 5.10 Å². The van der Waals surface area contributed by atoms with Crippen LogP contribution in [0, 0.1) is 21.4 Å². The highest BCUT2D eigenvalue weighted by molar-refractivity contribution is 5.55. The Morgan fingerprint density at radius 1 is 1.58 bits per heavy atom. The predicted molar refractivity (Wildman–Crippen MR) is 63.4 cm³/mol. The number of aliphatic hydroxyl groups excluding tert-OH is 1. The van der Waals surface area contributed by atoms with E-state index in [2.05, 4.69) is 10.3 Å². The second-order valence-corrected chi connectivity index (χ2v) is 3.84. The number of nitro groups is 1. The number of rotatable bonds is 3. The van der Waals surface area contributed by atoms with E-state index in [1.165, 1.54) is 36.0 Å². The molecular weight excluding hydrogens is 250 g/mol. The van der Waals surface area contributed by atoms with Crippen LogP contribution in [0.2, 0.25) is 0 Å². The number of aliphatic hydroxyl groups is 1. The molecule has 0 fully saturated rings. The molecule has 2 aromatic rings. The van der Waals surface area contributed by atoms with Gasteiger partial charge in [-0.2, -0.15) is 5.26 Å². The largest absolute Gasteiger partial charge is 0.387 e. The quantitative estimate of drug-likeness (QED) is 0.651. The van der Waals surface area contributed by atoms with Gasteiger partial charge in [-0.25, -0.2) is 4.68 Å². The van der Waals surface area contributed by atoms with Crippen molar-refractivity contribution in [2.75, 3.05) is 0 Å². The summed E-state index contributed by atoms with van der Waals surface area (Å²) in [6, 6.07) is 5.86. The molecule has 1 aromatic heterocycles. The van der Waals surface area contributed by atoms with Gasteiger partial charge in [-0.3, -0.25) is 10.1 Å². The lowest BCUT2D eigenvalue weighted by molar-refractivity contribution is -0.384. The van der Waals surface area contributed by atoms with Crippen LogP contribution in [0.25, 0.3) is 5.69 Å². The fourth-order valence-corrected chi connectivity index (χ4v) is 1.52. The summed E-state index contributed by atoms with van der Waals surface area (Å²) in [5.41, 5.74) is 0.425. The lowest BCUT2D eigenvalue weighted by Gasteiger charge is -2.02. The molecule has 1 unspecified atom stereocenters. The normalized spacial score (nSPS) is 11.8. The molecule has 8 nitrogen and oxygen atoms in total. The fourth-order valence-electron chi connectivity index (χ4n) is 1.52. The van der Waals surface area contributed by atoms with Gasteiger partial charge in [0.05, 0.1) is 28.9 Å². The topological polar surface area (TPSA) is 118 Å². The van der Waals surface area contributed by atoms with Gasteiger partial charge >= 0.3 is 0 Å². The first-order valence-electron chi connectivity index (χ1n) is 5.32. The van der Waals surface area contributed by atoms with E-state index in [-0.39, 0.29) is 16.9 Å². The third-order valence-electron chi connectivity index (χ3n) is 2.49. The summed E-state index contributed by atoms with van der Waals surface area (Å²) >= 11 is 0. The van der Waals surface area contributed by atoms with Crippen LogP contribution < -0.4 is 0 Å². The zero-order valence-corrected chi connectivity index (χ0v) is 9.89. The van der Waals surface area contributed by atoms with Crippen LogP contribution >= 0.6 is 0 Å². The number of benzene rings is 1. The van der Waals surface area contributed by atoms with Crippen LogP contribution in [0.15, 0.2) is 24.4 Å². The van der Waals surface area contributed by atoms with Gasteiger partial charge in [0.1, 0.15) is 11.4 Å². The Morgan fingerprint density at radius 2 is 2.32 bits per heavy atom. The first kappa shape index (κ1) is 12.7. The Morgan fingerprint density at radius 3 is 2.84 bits per heavy atom. The summed E-state index contributed by atoms with van der Waals surface area (Å²) in [5, 5.41) is 36.5. The molecule has 1 atom stereocenters. The molecule has 0 saturated carbocycles. The smallest absolute Gasteiger partial charge is 0.296 e. The molecule has 0 saturated heterocycles. The molecule has 96 valence electrons. The van der Waals surface area contributed by atoms with E-state index >= 15 is 0 Å². The molecule has 0 bridgehead atoms. The van der Waals surface area contributed by atoms with E-state index in [9.17, 15) is 15.2 Å². The zero-order valence-electron chi connectivity index (χ0n) is 9.89. The van der Waals surface area contributed by atoms with Crippen LogP contribution in [0.1, 0.15) is 24.3 Å². The average molecular weight is 259 g/mol. The second-order valence-electron chi connectivity index (χ2n) is 3.84. The van der Waals surface area contributed by atoms with E-state index in [0.29, 0.717) is 5.69 Å². The van der Waals surface area contributed by atoms with Crippen molar-refractivity contribution in [2.24, 2.45) is 0 Å². The predicted octanol–water partition coefficient (Wildman–Crippen LogP) is 1.10. The summed E-state index contributed by atoms with van der Waals surface area (Å²) in [5.74, 6) is 0. The molecule has 0 aliphatic carbocycles. The van der Waals surface area contributed by atoms with E-state index in [1.807, 2.05) is 6.07 Å². The van der Waals surface area contributed by atoms with Crippen molar-refractivity contribution in [3.63, 3.8) is 0 Å². The average Bonchev–Trinajstić information content (AvgIpc) is 2.87. The Labute approximate surface area is 107 Å².